The van der Waals surface area contributed by atoms with Gasteiger partial charge in [-0.15, -0.1) is 0 Å². The Labute approximate surface area is 148 Å². The zero-order chi connectivity index (χ0) is 17.1. The molecule has 132 valence electrons. The summed E-state index contributed by atoms with van der Waals surface area (Å²) in [5.74, 6) is 0.214. The molecule has 1 aliphatic carbocycles. The molecule has 25 heavy (non-hydrogen) atoms. The summed E-state index contributed by atoms with van der Waals surface area (Å²) >= 11 is 0. The molecule has 0 bridgehead atoms. The van der Waals surface area contributed by atoms with E-state index in [2.05, 4.69) is 34.5 Å². The average molecular weight is 339 g/mol. The molecule has 2 atom stereocenters. The van der Waals surface area contributed by atoms with E-state index in [4.69, 9.17) is 4.74 Å². The number of aryl methyl sites for hydroxylation is 2. The predicted molar refractivity (Wildman–Crippen MR) is 95.3 cm³/mol. The second-order valence-electron chi connectivity index (χ2n) is 7.05. The van der Waals surface area contributed by atoms with E-state index in [1.165, 1.54) is 5.56 Å². The summed E-state index contributed by atoms with van der Waals surface area (Å²) in [7, 11) is 0. The van der Waals surface area contributed by atoms with Crippen molar-refractivity contribution in [2.45, 2.75) is 44.1 Å². The number of H-pyrrole nitrogens is 1. The zero-order valence-corrected chi connectivity index (χ0v) is 14.5. The van der Waals surface area contributed by atoms with Gasteiger partial charge < -0.3 is 9.64 Å². The molecule has 5 nitrogen and oxygen atoms in total. The first-order chi connectivity index (χ1) is 12.3. The van der Waals surface area contributed by atoms with E-state index in [1.54, 1.807) is 0 Å². The average Bonchev–Trinajstić information content (AvgIpc) is 3.16. The zero-order valence-electron chi connectivity index (χ0n) is 14.5. The highest BCUT2D eigenvalue weighted by molar-refractivity contribution is 5.84. The van der Waals surface area contributed by atoms with Crippen LogP contribution in [0.3, 0.4) is 0 Å². The van der Waals surface area contributed by atoms with Crippen molar-refractivity contribution in [3.8, 4) is 0 Å². The van der Waals surface area contributed by atoms with E-state index in [0.29, 0.717) is 19.7 Å². The van der Waals surface area contributed by atoms with Crippen LogP contribution in [0.1, 0.15) is 42.0 Å². The smallest absolute Gasteiger partial charge is 0.230 e. The highest BCUT2D eigenvalue weighted by Crippen LogP contribution is 2.32. The predicted octanol–water partition coefficient (Wildman–Crippen LogP) is 2.69. The molecule has 0 radical (unpaired) electrons. The van der Waals surface area contributed by atoms with Crippen molar-refractivity contribution in [3.63, 3.8) is 0 Å². The van der Waals surface area contributed by atoms with Crippen molar-refractivity contribution >= 4 is 5.91 Å². The van der Waals surface area contributed by atoms with Crippen molar-refractivity contribution in [1.29, 1.82) is 0 Å². The normalized spacial score (nSPS) is 23.3. The summed E-state index contributed by atoms with van der Waals surface area (Å²) in [5, 5.41) is 7.19. The first-order valence-corrected chi connectivity index (χ1v) is 9.27. The molecule has 2 aliphatic rings. The van der Waals surface area contributed by atoms with Gasteiger partial charge in [-0.1, -0.05) is 30.3 Å². The van der Waals surface area contributed by atoms with Gasteiger partial charge in [-0.2, -0.15) is 5.10 Å². The number of carbonyl (C=O) groups excluding carboxylic acids is 1. The van der Waals surface area contributed by atoms with Gasteiger partial charge in [0.2, 0.25) is 5.91 Å². The first kappa shape index (κ1) is 16.3. The van der Waals surface area contributed by atoms with Crippen molar-refractivity contribution in [1.82, 2.24) is 15.1 Å². The highest BCUT2D eigenvalue weighted by atomic mass is 16.5. The Morgan fingerprint density at radius 1 is 1.32 bits per heavy atom. The summed E-state index contributed by atoms with van der Waals surface area (Å²) in [5.41, 5.74) is 3.56. The molecule has 2 aromatic rings. The molecule has 2 heterocycles. The van der Waals surface area contributed by atoms with Crippen LogP contribution in [0.25, 0.3) is 0 Å². The fourth-order valence-electron chi connectivity index (χ4n) is 4.00. The molecular formula is C20H25N3O2. The van der Waals surface area contributed by atoms with Gasteiger partial charge >= 0.3 is 0 Å². The topological polar surface area (TPSA) is 58.2 Å². The molecular weight excluding hydrogens is 314 g/mol. The third-order valence-electron chi connectivity index (χ3n) is 5.39. The minimum atomic E-state index is -0.0321. The van der Waals surface area contributed by atoms with Gasteiger partial charge in [0.25, 0.3) is 0 Å². The number of carbonyl (C=O) groups is 1. The molecule has 1 saturated heterocycles. The van der Waals surface area contributed by atoms with Crippen molar-refractivity contribution in [2.24, 2.45) is 0 Å². The van der Waals surface area contributed by atoms with E-state index in [0.717, 1.165) is 43.4 Å². The second-order valence-corrected chi connectivity index (χ2v) is 7.05. The van der Waals surface area contributed by atoms with Crippen LogP contribution in [0.2, 0.25) is 0 Å². The number of aromatic nitrogens is 2. The maximum Gasteiger partial charge on any atom is 0.230 e. The molecule has 5 heteroatoms. The van der Waals surface area contributed by atoms with Crippen LogP contribution in [-0.4, -0.2) is 46.8 Å². The minimum absolute atomic E-state index is 0.0321. The van der Waals surface area contributed by atoms with Crippen LogP contribution in [0.4, 0.5) is 0 Å². The van der Waals surface area contributed by atoms with E-state index in [9.17, 15) is 4.79 Å². The standard InChI is InChI=1S/C20H25N3O2/c24-20(17-7-4-8-19-18(17)13-21-22-19)23-11-12-25-16(14-23)10-9-15-5-2-1-3-6-15/h1-3,5-6,13,16-17H,4,7-12,14H2,(H,21,22). The Morgan fingerprint density at radius 3 is 3.08 bits per heavy atom. The van der Waals surface area contributed by atoms with E-state index < -0.39 is 0 Å². The van der Waals surface area contributed by atoms with Gasteiger partial charge in [-0.3, -0.25) is 9.89 Å². The van der Waals surface area contributed by atoms with Gasteiger partial charge in [-0.05, 0) is 37.7 Å². The van der Waals surface area contributed by atoms with E-state index in [-0.39, 0.29) is 17.9 Å². The fraction of sp³-hybridized carbons (Fsp3) is 0.500. The number of nitrogens with zero attached hydrogens (tertiary/aromatic N) is 2. The van der Waals surface area contributed by atoms with Gasteiger partial charge in [0.1, 0.15) is 0 Å². The Morgan fingerprint density at radius 2 is 2.20 bits per heavy atom. The number of aromatic amines is 1. The largest absolute Gasteiger partial charge is 0.375 e. The van der Waals surface area contributed by atoms with Crippen LogP contribution in [0, 0.1) is 0 Å². The lowest BCUT2D eigenvalue weighted by Gasteiger charge is -2.36. The number of rotatable bonds is 4. The van der Waals surface area contributed by atoms with Gasteiger partial charge in [-0.25, -0.2) is 0 Å². The lowest BCUT2D eigenvalue weighted by atomic mass is 9.86. The monoisotopic (exact) mass is 339 g/mol. The van der Waals surface area contributed by atoms with E-state index >= 15 is 0 Å². The minimum Gasteiger partial charge on any atom is -0.375 e. The third kappa shape index (κ3) is 3.61. The van der Waals surface area contributed by atoms with Crippen LogP contribution in [-0.2, 0) is 22.4 Å². The van der Waals surface area contributed by atoms with Gasteiger partial charge in [0, 0.05) is 24.3 Å². The van der Waals surface area contributed by atoms with E-state index in [1.807, 2.05) is 17.2 Å². The maximum absolute atomic E-state index is 13.1. The molecule has 1 aromatic carbocycles. The number of nitrogens with one attached hydrogen (secondary N) is 1. The number of benzene rings is 1. The van der Waals surface area contributed by atoms with Crippen LogP contribution < -0.4 is 0 Å². The lowest BCUT2D eigenvalue weighted by molar-refractivity contribution is -0.141. The van der Waals surface area contributed by atoms with Crippen LogP contribution in [0.15, 0.2) is 36.5 Å². The maximum atomic E-state index is 13.1. The number of fused-ring (bicyclic) bond motifs is 1. The second kappa shape index (κ2) is 7.40. The molecule has 1 amide bonds. The first-order valence-electron chi connectivity index (χ1n) is 9.27. The Kier molecular flexibility index (Phi) is 4.83. The summed E-state index contributed by atoms with van der Waals surface area (Å²) in [6, 6.07) is 10.5. The van der Waals surface area contributed by atoms with Crippen molar-refractivity contribution < 1.29 is 9.53 Å². The lowest BCUT2D eigenvalue weighted by Crippen LogP contribution is -2.47. The van der Waals surface area contributed by atoms with Gasteiger partial charge in [0.15, 0.2) is 0 Å². The molecule has 1 fully saturated rings. The Bertz CT molecular complexity index is 713. The highest BCUT2D eigenvalue weighted by Gasteiger charge is 2.33. The van der Waals surface area contributed by atoms with Crippen molar-refractivity contribution in [2.75, 3.05) is 19.7 Å². The molecule has 4 rings (SSSR count). The molecule has 1 aliphatic heterocycles. The number of amides is 1. The number of hydrogen-bond acceptors (Lipinski definition) is 3. The Balaban J connectivity index is 1.37. The molecule has 1 N–H and O–H groups in total. The third-order valence-corrected chi connectivity index (χ3v) is 5.39. The Hall–Kier alpha value is -2.14. The number of hydrogen-bond donors (Lipinski definition) is 1. The fourth-order valence-corrected chi connectivity index (χ4v) is 4.00. The summed E-state index contributed by atoms with van der Waals surface area (Å²) in [6.07, 6.45) is 6.89. The number of morpholine rings is 1. The summed E-state index contributed by atoms with van der Waals surface area (Å²) < 4.78 is 5.91. The molecule has 0 spiro atoms. The molecule has 0 saturated carbocycles. The number of ether oxygens (including phenoxy) is 1. The summed E-state index contributed by atoms with van der Waals surface area (Å²) in [6.45, 7) is 2.04. The SMILES string of the molecule is O=C(C1CCCc2[nH]ncc21)N1CCOC(CCc2ccccc2)C1. The van der Waals surface area contributed by atoms with Crippen molar-refractivity contribution in [3.05, 3.63) is 53.3 Å². The quantitative estimate of drug-likeness (QED) is 0.932. The van der Waals surface area contributed by atoms with Crippen LogP contribution >= 0.6 is 0 Å². The van der Waals surface area contributed by atoms with Gasteiger partial charge in [0.05, 0.1) is 24.8 Å². The molecule has 1 aromatic heterocycles. The summed E-state index contributed by atoms with van der Waals surface area (Å²) in [4.78, 5) is 15.1. The molecule has 2 unspecified atom stereocenters. The van der Waals surface area contributed by atoms with Crippen LogP contribution in [0.5, 0.6) is 0 Å².